The van der Waals surface area contributed by atoms with E-state index < -0.39 is 57.9 Å². The molecule has 0 aromatic heterocycles. The normalized spacial score (nSPS) is 12.6. The molecule has 0 saturated heterocycles. The van der Waals surface area contributed by atoms with Gasteiger partial charge >= 0.3 is 12.4 Å². The number of hydrogen-bond acceptors (Lipinski definition) is 0. The number of benzene rings is 2. The quantitative estimate of drug-likeness (QED) is 0.407. The second-order valence-electron chi connectivity index (χ2n) is 5.05. The molecule has 0 bridgehead atoms. The Kier molecular flexibility index (Phi) is 4.52. The predicted octanol–water partition coefficient (Wildman–Crippen LogP) is 6.26. The molecule has 10 heteroatoms. The Morgan fingerprint density at radius 3 is 1.56 bits per heavy atom. The smallest absolute Gasteiger partial charge is 0.203 e. The zero-order valence-corrected chi connectivity index (χ0v) is 12.0. The van der Waals surface area contributed by atoms with Crippen LogP contribution in [-0.4, -0.2) is 0 Å². The van der Waals surface area contributed by atoms with Gasteiger partial charge < -0.3 is 0 Å². The van der Waals surface area contributed by atoms with Crippen LogP contribution in [-0.2, 0) is 12.4 Å². The molecule has 2 aromatic rings. The molecule has 0 aliphatic carbocycles. The van der Waals surface area contributed by atoms with Crippen LogP contribution in [0.25, 0.3) is 11.1 Å². The molecule has 0 unspecified atom stereocenters. The van der Waals surface area contributed by atoms with Gasteiger partial charge in [0.05, 0.1) is 11.1 Å². The number of hydrogen-bond donors (Lipinski definition) is 0. The topological polar surface area (TPSA) is 0 Å². The fraction of sp³-hybridized carbons (Fsp3) is 0.200. The maximum Gasteiger partial charge on any atom is 0.422 e. The summed E-state index contributed by atoms with van der Waals surface area (Å²) < 4.78 is 132. The van der Waals surface area contributed by atoms with E-state index in [-0.39, 0.29) is 5.56 Å². The summed E-state index contributed by atoms with van der Waals surface area (Å²) in [5.41, 5.74) is -7.66. The van der Waals surface area contributed by atoms with Gasteiger partial charge in [-0.2, -0.15) is 26.3 Å². The molecule has 136 valence electrons. The summed E-state index contributed by atoms with van der Waals surface area (Å²) in [7, 11) is 0. The van der Waals surface area contributed by atoms with Crippen LogP contribution in [0.5, 0.6) is 0 Å². The predicted molar refractivity (Wildman–Crippen MR) is 66.5 cm³/mol. The van der Waals surface area contributed by atoms with E-state index in [1.165, 1.54) is 6.92 Å². The van der Waals surface area contributed by atoms with E-state index >= 15 is 0 Å². The van der Waals surface area contributed by atoms with Gasteiger partial charge in [-0.05, 0) is 13.0 Å². The molecule has 0 saturated carbocycles. The SMILES string of the molecule is Cc1ccc(C(F)(F)F)c(-c2c(F)c(F)c(C(F)(F)F)c(F)c2F)c1. The molecule has 0 heterocycles. The van der Waals surface area contributed by atoms with Crippen molar-refractivity contribution in [1.29, 1.82) is 0 Å². The maximum atomic E-state index is 14.0. The van der Waals surface area contributed by atoms with Crippen molar-refractivity contribution < 1.29 is 43.9 Å². The van der Waals surface area contributed by atoms with Crippen LogP contribution in [0.1, 0.15) is 16.7 Å². The van der Waals surface area contributed by atoms with E-state index in [2.05, 4.69) is 0 Å². The van der Waals surface area contributed by atoms with Gasteiger partial charge in [-0.1, -0.05) is 17.7 Å². The van der Waals surface area contributed by atoms with Crippen molar-refractivity contribution in [2.24, 2.45) is 0 Å². The lowest BCUT2D eigenvalue weighted by Crippen LogP contribution is -2.17. The lowest BCUT2D eigenvalue weighted by Gasteiger charge is -2.18. The van der Waals surface area contributed by atoms with Crippen molar-refractivity contribution in [3.8, 4) is 11.1 Å². The highest BCUT2D eigenvalue weighted by molar-refractivity contribution is 5.71. The van der Waals surface area contributed by atoms with Gasteiger partial charge in [0.15, 0.2) is 23.3 Å². The van der Waals surface area contributed by atoms with Gasteiger partial charge in [0.25, 0.3) is 0 Å². The first kappa shape index (κ1) is 19.1. The summed E-state index contributed by atoms with van der Waals surface area (Å²) in [6.07, 6.45) is -11.0. The van der Waals surface area contributed by atoms with Crippen LogP contribution in [0, 0.1) is 30.2 Å². The van der Waals surface area contributed by atoms with Gasteiger partial charge in [0, 0.05) is 5.56 Å². The zero-order valence-electron chi connectivity index (χ0n) is 12.0. The molecule has 0 atom stereocenters. The van der Waals surface area contributed by atoms with Crippen molar-refractivity contribution in [2.45, 2.75) is 19.3 Å². The van der Waals surface area contributed by atoms with Crippen LogP contribution >= 0.6 is 0 Å². The Balaban J connectivity index is 2.95. The molecular weight excluding hydrogens is 370 g/mol. The van der Waals surface area contributed by atoms with Crippen LogP contribution in [0.15, 0.2) is 18.2 Å². The Morgan fingerprint density at radius 1 is 0.680 bits per heavy atom. The maximum absolute atomic E-state index is 14.0. The zero-order chi connectivity index (χ0) is 19.3. The average molecular weight is 376 g/mol. The molecule has 0 radical (unpaired) electrons. The van der Waals surface area contributed by atoms with Crippen molar-refractivity contribution in [3.05, 3.63) is 58.2 Å². The van der Waals surface area contributed by atoms with E-state index in [4.69, 9.17) is 0 Å². The first-order valence-electron chi connectivity index (χ1n) is 6.38. The molecule has 0 nitrogen and oxygen atoms in total. The highest BCUT2D eigenvalue weighted by atomic mass is 19.4. The van der Waals surface area contributed by atoms with Gasteiger partial charge in [0.2, 0.25) is 0 Å². The number of halogens is 10. The Hall–Kier alpha value is -2.26. The van der Waals surface area contributed by atoms with Gasteiger partial charge in [-0.15, -0.1) is 0 Å². The summed E-state index contributed by atoms with van der Waals surface area (Å²) in [5.74, 6) is -10.8. The fourth-order valence-electron chi connectivity index (χ4n) is 2.23. The summed E-state index contributed by atoms with van der Waals surface area (Å²) in [5, 5.41) is 0. The molecular formula is C15H6F10. The van der Waals surface area contributed by atoms with Crippen LogP contribution in [0.2, 0.25) is 0 Å². The van der Waals surface area contributed by atoms with E-state index in [0.717, 1.165) is 6.07 Å². The standard InChI is InChI=1S/C15H6F10/c1-5-2-3-7(14(20,21)22)6(4-5)8-10(16)12(18)9(15(23,24)25)13(19)11(8)17/h2-4H,1H3. The van der Waals surface area contributed by atoms with Crippen LogP contribution in [0.4, 0.5) is 43.9 Å². The summed E-state index contributed by atoms with van der Waals surface area (Å²) in [6.45, 7) is 1.22. The Labute approximate surface area is 133 Å². The number of alkyl halides is 6. The monoisotopic (exact) mass is 376 g/mol. The van der Waals surface area contributed by atoms with Crippen molar-refractivity contribution in [2.75, 3.05) is 0 Å². The number of rotatable bonds is 1. The largest absolute Gasteiger partial charge is 0.422 e. The molecule has 0 spiro atoms. The molecule has 0 fully saturated rings. The third-order valence-electron chi connectivity index (χ3n) is 3.30. The fourth-order valence-corrected chi connectivity index (χ4v) is 2.23. The minimum atomic E-state index is -5.78. The van der Waals surface area contributed by atoms with E-state index in [9.17, 15) is 43.9 Å². The van der Waals surface area contributed by atoms with Gasteiger partial charge in [-0.25, -0.2) is 17.6 Å². The second-order valence-corrected chi connectivity index (χ2v) is 5.05. The first-order chi connectivity index (χ1) is 11.3. The van der Waals surface area contributed by atoms with Crippen LogP contribution in [0.3, 0.4) is 0 Å². The lowest BCUT2D eigenvalue weighted by atomic mass is 9.94. The molecule has 0 amide bonds. The molecule has 25 heavy (non-hydrogen) atoms. The third-order valence-corrected chi connectivity index (χ3v) is 3.30. The Morgan fingerprint density at radius 2 is 1.16 bits per heavy atom. The molecule has 2 rings (SSSR count). The van der Waals surface area contributed by atoms with E-state index in [0.29, 0.717) is 12.1 Å². The minimum absolute atomic E-state index is 0.0301. The summed E-state index contributed by atoms with van der Waals surface area (Å²) in [6, 6.07) is 1.88. The molecule has 2 aromatic carbocycles. The molecule has 0 aliphatic heterocycles. The highest BCUT2D eigenvalue weighted by Gasteiger charge is 2.43. The van der Waals surface area contributed by atoms with Crippen molar-refractivity contribution in [1.82, 2.24) is 0 Å². The molecule has 0 N–H and O–H groups in total. The van der Waals surface area contributed by atoms with Crippen molar-refractivity contribution in [3.63, 3.8) is 0 Å². The van der Waals surface area contributed by atoms with Gasteiger partial charge in [-0.3, -0.25) is 0 Å². The second kappa shape index (κ2) is 5.92. The highest BCUT2D eigenvalue weighted by Crippen LogP contribution is 2.43. The van der Waals surface area contributed by atoms with Crippen molar-refractivity contribution >= 4 is 0 Å². The third kappa shape index (κ3) is 3.29. The first-order valence-corrected chi connectivity index (χ1v) is 6.38. The summed E-state index contributed by atoms with van der Waals surface area (Å²) in [4.78, 5) is 0. The molecule has 0 aliphatic rings. The lowest BCUT2D eigenvalue weighted by molar-refractivity contribution is -0.143. The average Bonchev–Trinajstić information content (AvgIpc) is 2.43. The minimum Gasteiger partial charge on any atom is -0.203 e. The Bertz CT molecular complexity index is 801. The summed E-state index contributed by atoms with van der Waals surface area (Å²) >= 11 is 0. The van der Waals surface area contributed by atoms with Gasteiger partial charge in [0.1, 0.15) is 5.56 Å². The number of aryl methyl sites for hydroxylation is 1. The van der Waals surface area contributed by atoms with E-state index in [1.807, 2.05) is 0 Å². The van der Waals surface area contributed by atoms with Crippen LogP contribution < -0.4 is 0 Å². The van der Waals surface area contributed by atoms with E-state index in [1.54, 1.807) is 0 Å².